The summed E-state index contributed by atoms with van der Waals surface area (Å²) in [6.07, 6.45) is -0.571. The molecule has 0 saturated heterocycles. The number of aryl methyl sites for hydroxylation is 1. The Morgan fingerprint density at radius 2 is 2.05 bits per heavy atom. The molecule has 1 aromatic carbocycles. The number of amides is 1. The van der Waals surface area contributed by atoms with Crippen molar-refractivity contribution in [3.05, 3.63) is 35.4 Å². The molecule has 110 valence electrons. The standard InChI is InChI=1S/C13H13ClN4O3/c1-3-20-13(19)17-9-6-4-5-7-10(9)21-12-16-8(2)15-11(14)18-12/h4-7H,3H2,1-2H3,(H,17,19). The van der Waals surface area contributed by atoms with Gasteiger partial charge in [0.1, 0.15) is 5.82 Å². The second-order valence-corrected chi connectivity index (χ2v) is 4.22. The first-order valence-corrected chi connectivity index (χ1v) is 6.55. The molecule has 8 heteroatoms. The van der Waals surface area contributed by atoms with Crippen molar-refractivity contribution in [2.75, 3.05) is 11.9 Å². The Hall–Kier alpha value is -2.41. The monoisotopic (exact) mass is 308 g/mol. The van der Waals surface area contributed by atoms with Gasteiger partial charge in [-0.3, -0.25) is 5.32 Å². The van der Waals surface area contributed by atoms with Crippen LogP contribution in [0.3, 0.4) is 0 Å². The fourth-order valence-electron chi connectivity index (χ4n) is 1.51. The lowest BCUT2D eigenvalue weighted by atomic mass is 10.3. The molecular formula is C13H13ClN4O3. The summed E-state index contributed by atoms with van der Waals surface area (Å²) >= 11 is 5.75. The number of carbonyl (C=O) groups excluding carboxylic acids is 1. The predicted molar refractivity (Wildman–Crippen MR) is 76.7 cm³/mol. The highest BCUT2D eigenvalue weighted by Crippen LogP contribution is 2.27. The second-order valence-electron chi connectivity index (χ2n) is 3.88. The maximum Gasteiger partial charge on any atom is 0.411 e. The minimum atomic E-state index is -0.571. The predicted octanol–water partition coefficient (Wildman–Crippen LogP) is 3.19. The molecule has 2 aromatic rings. The fourth-order valence-corrected chi connectivity index (χ4v) is 1.70. The highest BCUT2D eigenvalue weighted by Gasteiger charge is 2.11. The number of ether oxygens (including phenoxy) is 2. The third-order valence-electron chi connectivity index (χ3n) is 2.30. The van der Waals surface area contributed by atoms with E-state index < -0.39 is 6.09 Å². The van der Waals surface area contributed by atoms with E-state index >= 15 is 0 Å². The largest absolute Gasteiger partial charge is 0.450 e. The number of rotatable bonds is 4. The zero-order chi connectivity index (χ0) is 15.2. The number of carbonyl (C=O) groups is 1. The number of para-hydroxylation sites is 2. The normalized spacial score (nSPS) is 10.0. The smallest absolute Gasteiger partial charge is 0.411 e. The molecule has 1 N–H and O–H groups in total. The Morgan fingerprint density at radius 3 is 2.76 bits per heavy atom. The van der Waals surface area contributed by atoms with Crippen LogP contribution in [0.4, 0.5) is 10.5 Å². The van der Waals surface area contributed by atoms with Crippen LogP contribution in [-0.4, -0.2) is 27.7 Å². The molecule has 0 radical (unpaired) electrons. The van der Waals surface area contributed by atoms with E-state index in [9.17, 15) is 4.79 Å². The van der Waals surface area contributed by atoms with E-state index in [0.717, 1.165) is 0 Å². The quantitative estimate of drug-likeness (QED) is 0.933. The summed E-state index contributed by atoms with van der Waals surface area (Å²) in [6, 6.07) is 6.88. The zero-order valence-electron chi connectivity index (χ0n) is 11.5. The van der Waals surface area contributed by atoms with Crippen molar-refractivity contribution in [2.45, 2.75) is 13.8 Å². The van der Waals surface area contributed by atoms with E-state index in [2.05, 4.69) is 20.3 Å². The molecule has 0 spiro atoms. The molecule has 0 aliphatic carbocycles. The number of hydrogen-bond donors (Lipinski definition) is 1. The summed E-state index contributed by atoms with van der Waals surface area (Å²) in [7, 11) is 0. The van der Waals surface area contributed by atoms with Gasteiger partial charge in [0.05, 0.1) is 12.3 Å². The van der Waals surface area contributed by atoms with E-state index in [1.54, 1.807) is 38.1 Å². The molecule has 2 rings (SSSR count). The molecule has 0 aliphatic heterocycles. The number of benzene rings is 1. The van der Waals surface area contributed by atoms with Crippen LogP contribution in [0.1, 0.15) is 12.7 Å². The Morgan fingerprint density at radius 1 is 1.29 bits per heavy atom. The summed E-state index contributed by atoms with van der Waals surface area (Å²) in [5.41, 5.74) is 0.435. The third kappa shape index (κ3) is 4.28. The molecule has 0 bridgehead atoms. The van der Waals surface area contributed by atoms with Crippen LogP contribution >= 0.6 is 11.6 Å². The van der Waals surface area contributed by atoms with Crippen LogP contribution in [0.25, 0.3) is 0 Å². The van der Waals surface area contributed by atoms with E-state index in [1.165, 1.54) is 0 Å². The molecule has 0 saturated carbocycles. The molecule has 0 fully saturated rings. The van der Waals surface area contributed by atoms with Crippen molar-refractivity contribution >= 4 is 23.4 Å². The van der Waals surface area contributed by atoms with Crippen LogP contribution in [0.5, 0.6) is 11.8 Å². The SMILES string of the molecule is CCOC(=O)Nc1ccccc1Oc1nc(C)nc(Cl)n1. The van der Waals surface area contributed by atoms with Gasteiger partial charge in [-0.1, -0.05) is 12.1 Å². The second kappa shape index (κ2) is 6.85. The lowest BCUT2D eigenvalue weighted by Gasteiger charge is -2.11. The van der Waals surface area contributed by atoms with Crippen molar-refractivity contribution in [1.82, 2.24) is 15.0 Å². The first-order chi connectivity index (χ1) is 10.1. The molecule has 0 unspecified atom stereocenters. The van der Waals surface area contributed by atoms with Crippen molar-refractivity contribution in [1.29, 1.82) is 0 Å². The highest BCUT2D eigenvalue weighted by atomic mass is 35.5. The number of halogens is 1. The third-order valence-corrected chi connectivity index (χ3v) is 2.47. The van der Waals surface area contributed by atoms with Gasteiger partial charge >= 0.3 is 12.1 Å². The van der Waals surface area contributed by atoms with E-state index in [-0.39, 0.29) is 17.9 Å². The van der Waals surface area contributed by atoms with E-state index in [1.807, 2.05) is 0 Å². The van der Waals surface area contributed by atoms with Crippen molar-refractivity contribution < 1.29 is 14.3 Å². The fraction of sp³-hybridized carbons (Fsp3) is 0.231. The maximum absolute atomic E-state index is 11.5. The van der Waals surface area contributed by atoms with Crippen LogP contribution in [0, 0.1) is 6.92 Å². The summed E-state index contributed by atoms with van der Waals surface area (Å²) in [6.45, 7) is 3.66. The minimum Gasteiger partial charge on any atom is -0.450 e. The first kappa shape index (κ1) is 15.0. The number of nitrogens with one attached hydrogen (secondary N) is 1. The summed E-state index contributed by atoms with van der Waals surface area (Å²) < 4.78 is 10.4. The van der Waals surface area contributed by atoms with Crippen molar-refractivity contribution in [3.8, 4) is 11.8 Å². The number of aromatic nitrogens is 3. The average Bonchev–Trinajstić information content (AvgIpc) is 2.40. The van der Waals surface area contributed by atoms with Gasteiger partial charge in [-0.05, 0) is 37.6 Å². The van der Waals surface area contributed by atoms with Gasteiger partial charge in [0.15, 0.2) is 5.75 Å². The molecule has 7 nitrogen and oxygen atoms in total. The Kier molecular flexibility index (Phi) is 4.89. The topological polar surface area (TPSA) is 86.2 Å². The molecule has 1 aromatic heterocycles. The highest BCUT2D eigenvalue weighted by molar-refractivity contribution is 6.28. The van der Waals surface area contributed by atoms with Gasteiger partial charge in [-0.2, -0.15) is 9.97 Å². The van der Waals surface area contributed by atoms with Crippen LogP contribution in [0.15, 0.2) is 24.3 Å². The number of hydrogen-bond acceptors (Lipinski definition) is 6. The van der Waals surface area contributed by atoms with Gasteiger partial charge in [0, 0.05) is 0 Å². The van der Waals surface area contributed by atoms with Gasteiger partial charge in [-0.15, -0.1) is 0 Å². The van der Waals surface area contributed by atoms with E-state index in [0.29, 0.717) is 17.3 Å². The van der Waals surface area contributed by atoms with Gasteiger partial charge in [0.2, 0.25) is 5.28 Å². The lowest BCUT2D eigenvalue weighted by Crippen LogP contribution is -2.13. The molecular weight excluding hydrogens is 296 g/mol. The minimum absolute atomic E-state index is 0.0355. The van der Waals surface area contributed by atoms with Crippen molar-refractivity contribution in [2.24, 2.45) is 0 Å². The summed E-state index contributed by atoms with van der Waals surface area (Å²) in [4.78, 5) is 23.2. The number of anilines is 1. The molecule has 0 atom stereocenters. The van der Waals surface area contributed by atoms with Crippen LogP contribution in [-0.2, 0) is 4.74 Å². The summed E-state index contributed by atoms with van der Waals surface area (Å²) in [5.74, 6) is 0.799. The average molecular weight is 309 g/mol. The van der Waals surface area contributed by atoms with Crippen LogP contribution in [0.2, 0.25) is 5.28 Å². The van der Waals surface area contributed by atoms with Gasteiger partial charge in [0.25, 0.3) is 0 Å². The Labute approximate surface area is 126 Å². The Balaban J connectivity index is 2.21. The lowest BCUT2D eigenvalue weighted by molar-refractivity contribution is 0.168. The van der Waals surface area contributed by atoms with Crippen LogP contribution < -0.4 is 10.1 Å². The zero-order valence-corrected chi connectivity index (χ0v) is 12.2. The Bertz CT molecular complexity index is 631. The van der Waals surface area contributed by atoms with Gasteiger partial charge in [-0.25, -0.2) is 9.78 Å². The molecule has 0 aliphatic rings. The van der Waals surface area contributed by atoms with E-state index in [4.69, 9.17) is 21.1 Å². The molecule has 21 heavy (non-hydrogen) atoms. The van der Waals surface area contributed by atoms with Crippen molar-refractivity contribution in [3.63, 3.8) is 0 Å². The molecule has 1 amide bonds. The molecule has 1 heterocycles. The summed E-state index contributed by atoms with van der Waals surface area (Å²) in [5, 5.41) is 2.61. The first-order valence-electron chi connectivity index (χ1n) is 6.17. The maximum atomic E-state index is 11.5. The van der Waals surface area contributed by atoms with Gasteiger partial charge < -0.3 is 9.47 Å². The number of nitrogens with zero attached hydrogens (tertiary/aromatic N) is 3.